The van der Waals surface area contributed by atoms with Gasteiger partial charge in [-0.2, -0.15) is 0 Å². The summed E-state index contributed by atoms with van der Waals surface area (Å²) < 4.78 is 5.81. The molecule has 1 unspecified atom stereocenters. The van der Waals surface area contributed by atoms with Gasteiger partial charge in [-0.3, -0.25) is 10.2 Å². The Hall–Kier alpha value is -0.940. The summed E-state index contributed by atoms with van der Waals surface area (Å²) in [6.07, 6.45) is 1.43. The summed E-state index contributed by atoms with van der Waals surface area (Å²) in [5.41, 5.74) is 2.74. The monoisotopic (exact) mass is 319 g/mol. The lowest BCUT2D eigenvalue weighted by molar-refractivity contribution is 0.0663. The molecule has 0 spiro atoms. The molecule has 1 aromatic carbocycles. The summed E-state index contributed by atoms with van der Waals surface area (Å²) in [7, 11) is 0. The van der Waals surface area contributed by atoms with Crippen LogP contribution in [-0.2, 0) is 11.3 Å². The van der Waals surface area contributed by atoms with E-state index in [2.05, 4.69) is 60.6 Å². The van der Waals surface area contributed by atoms with Crippen LogP contribution in [0.5, 0.6) is 0 Å². The standard InChI is InChI=1S/C19H33N3O/c1-16(2)15-23-13-8-19(22-11-9-20-10-12-22)21-14-18-7-5-4-6-17(18)3/h4-7,16,19-21H,8-15H2,1-3H3. The molecule has 1 atom stereocenters. The number of hydrogen-bond acceptors (Lipinski definition) is 4. The highest BCUT2D eigenvalue weighted by Crippen LogP contribution is 2.10. The van der Waals surface area contributed by atoms with Crippen molar-refractivity contribution in [1.82, 2.24) is 15.5 Å². The van der Waals surface area contributed by atoms with Crippen molar-refractivity contribution in [2.45, 2.75) is 39.9 Å². The quantitative estimate of drug-likeness (QED) is 0.685. The maximum atomic E-state index is 5.81. The molecular weight excluding hydrogens is 286 g/mol. The molecule has 1 fully saturated rings. The molecule has 0 aromatic heterocycles. The normalized spacial score (nSPS) is 17.6. The molecule has 0 radical (unpaired) electrons. The first-order chi connectivity index (χ1) is 11.2. The summed E-state index contributed by atoms with van der Waals surface area (Å²) in [6, 6.07) is 8.62. The first-order valence-electron chi connectivity index (χ1n) is 8.97. The van der Waals surface area contributed by atoms with Gasteiger partial charge in [0.15, 0.2) is 0 Å². The highest BCUT2D eigenvalue weighted by atomic mass is 16.5. The van der Waals surface area contributed by atoms with Crippen LogP contribution in [-0.4, -0.2) is 50.5 Å². The Labute approximate surface area is 141 Å². The molecule has 4 nitrogen and oxygen atoms in total. The van der Waals surface area contributed by atoms with E-state index in [1.54, 1.807) is 0 Å². The van der Waals surface area contributed by atoms with Gasteiger partial charge in [0.2, 0.25) is 0 Å². The lowest BCUT2D eigenvalue weighted by atomic mass is 10.1. The molecule has 0 aliphatic carbocycles. The smallest absolute Gasteiger partial charge is 0.0622 e. The molecular formula is C19H33N3O. The number of rotatable bonds is 9. The number of hydrogen-bond donors (Lipinski definition) is 2. The topological polar surface area (TPSA) is 36.5 Å². The van der Waals surface area contributed by atoms with Gasteiger partial charge in [-0.25, -0.2) is 0 Å². The zero-order valence-corrected chi connectivity index (χ0v) is 15.0. The van der Waals surface area contributed by atoms with Gasteiger partial charge in [-0.15, -0.1) is 0 Å². The Bertz CT molecular complexity index is 444. The fourth-order valence-corrected chi connectivity index (χ4v) is 2.96. The summed E-state index contributed by atoms with van der Waals surface area (Å²) >= 11 is 0. The summed E-state index contributed by atoms with van der Waals surface area (Å²) in [6.45, 7) is 13.6. The van der Waals surface area contributed by atoms with Crippen LogP contribution in [0.3, 0.4) is 0 Å². The lowest BCUT2D eigenvalue weighted by Gasteiger charge is -2.35. The predicted molar refractivity (Wildman–Crippen MR) is 96.5 cm³/mol. The van der Waals surface area contributed by atoms with Crippen molar-refractivity contribution in [3.63, 3.8) is 0 Å². The van der Waals surface area contributed by atoms with Crippen LogP contribution in [0.1, 0.15) is 31.4 Å². The minimum absolute atomic E-state index is 0.392. The second-order valence-electron chi connectivity index (χ2n) is 6.87. The third-order valence-electron chi connectivity index (χ3n) is 4.37. The Morgan fingerprint density at radius 1 is 1.22 bits per heavy atom. The van der Waals surface area contributed by atoms with Crippen LogP contribution in [0, 0.1) is 12.8 Å². The fourth-order valence-electron chi connectivity index (χ4n) is 2.96. The van der Waals surface area contributed by atoms with E-state index in [0.29, 0.717) is 12.1 Å². The molecule has 2 rings (SSSR count). The minimum atomic E-state index is 0.392. The van der Waals surface area contributed by atoms with Crippen LogP contribution in [0.2, 0.25) is 0 Å². The molecule has 2 N–H and O–H groups in total. The maximum absolute atomic E-state index is 5.81. The molecule has 0 amide bonds. The largest absolute Gasteiger partial charge is 0.381 e. The van der Waals surface area contributed by atoms with Crippen LogP contribution in [0.4, 0.5) is 0 Å². The Kier molecular flexibility index (Phi) is 8.03. The van der Waals surface area contributed by atoms with E-state index in [9.17, 15) is 0 Å². The molecule has 1 aliphatic heterocycles. The average Bonchev–Trinajstić information content (AvgIpc) is 2.56. The molecule has 1 aromatic rings. The number of benzene rings is 1. The SMILES string of the molecule is Cc1ccccc1CNC(CCOCC(C)C)N1CCNCC1. The predicted octanol–water partition coefficient (Wildman–Crippen LogP) is 2.38. The average molecular weight is 319 g/mol. The third-order valence-corrected chi connectivity index (χ3v) is 4.37. The van der Waals surface area contributed by atoms with Gasteiger partial charge in [0.1, 0.15) is 0 Å². The van der Waals surface area contributed by atoms with E-state index in [4.69, 9.17) is 4.74 Å². The van der Waals surface area contributed by atoms with Crippen LogP contribution < -0.4 is 10.6 Å². The highest BCUT2D eigenvalue weighted by Gasteiger charge is 2.20. The van der Waals surface area contributed by atoms with Crippen LogP contribution >= 0.6 is 0 Å². The number of aryl methyl sites for hydroxylation is 1. The summed E-state index contributed by atoms with van der Waals surface area (Å²) in [4.78, 5) is 2.55. The van der Waals surface area contributed by atoms with E-state index < -0.39 is 0 Å². The van der Waals surface area contributed by atoms with E-state index >= 15 is 0 Å². The zero-order chi connectivity index (χ0) is 16.5. The van der Waals surface area contributed by atoms with Gasteiger partial charge in [0.25, 0.3) is 0 Å². The van der Waals surface area contributed by atoms with E-state index in [1.165, 1.54) is 11.1 Å². The van der Waals surface area contributed by atoms with Crippen molar-refractivity contribution in [2.24, 2.45) is 5.92 Å². The third kappa shape index (κ3) is 6.60. The number of ether oxygens (including phenoxy) is 1. The number of nitrogens with one attached hydrogen (secondary N) is 2. The highest BCUT2D eigenvalue weighted by molar-refractivity contribution is 5.25. The zero-order valence-electron chi connectivity index (χ0n) is 15.0. The first kappa shape index (κ1) is 18.4. The van der Waals surface area contributed by atoms with Gasteiger partial charge in [-0.05, 0) is 30.4 Å². The molecule has 4 heteroatoms. The Balaban J connectivity index is 1.86. The molecule has 1 aliphatic rings. The van der Waals surface area contributed by atoms with Gasteiger partial charge in [-0.1, -0.05) is 38.1 Å². The van der Waals surface area contributed by atoms with Gasteiger partial charge < -0.3 is 10.1 Å². The maximum Gasteiger partial charge on any atom is 0.0622 e. The lowest BCUT2D eigenvalue weighted by Crippen LogP contribution is -2.53. The summed E-state index contributed by atoms with van der Waals surface area (Å²) in [5.74, 6) is 0.604. The molecule has 1 saturated heterocycles. The van der Waals surface area contributed by atoms with E-state index in [1.807, 2.05) is 0 Å². The fraction of sp³-hybridized carbons (Fsp3) is 0.684. The van der Waals surface area contributed by atoms with Gasteiger partial charge >= 0.3 is 0 Å². The van der Waals surface area contributed by atoms with E-state index in [-0.39, 0.29) is 0 Å². The molecule has 0 saturated carbocycles. The first-order valence-corrected chi connectivity index (χ1v) is 8.97. The molecule has 1 heterocycles. The second kappa shape index (κ2) is 10.0. The van der Waals surface area contributed by atoms with Crippen molar-refractivity contribution >= 4 is 0 Å². The van der Waals surface area contributed by atoms with Crippen LogP contribution in [0.15, 0.2) is 24.3 Å². The minimum Gasteiger partial charge on any atom is -0.381 e. The van der Waals surface area contributed by atoms with Gasteiger partial charge in [0, 0.05) is 45.9 Å². The molecule has 0 bridgehead atoms. The summed E-state index contributed by atoms with van der Waals surface area (Å²) in [5, 5.41) is 7.19. The van der Waals surface area contributed by atoms with Crippen molar-refractivity contribution in [3.05, 3.63) is 35.4 Å². The Morgan fingerprint density at radius 2 is 1.96 bits per heavy atom. The van der Waals surface area contributed by atoms with Crippen molar-refractivity contribution in [2.75, 3.05) is 39.4 Å². The van der Waals surface area contributed by atoms with Crippen molar-refractivity contribution < 1.29 is 4.74 Å². The number of piperazine rings is 1. The Morgan fingerprint density at radius 3 is 2.65 bits per heavy atom. The molecule has 23 heavy (non-hydrogen) atoms. The number of nitrogens with zero attached hydrogens (tertiary/aromatic N) is 1. The second-order valence-corrected chi connectivity index (χ2v) is 6.87. The van der Waals surface area contributed by atoms with Crippen LogP contribution in [0.25, 0.3) is 0 Å². The van der Waals surface area contributed by atoms with Gasteiger partial charge in [0.05, 0.1) is 6.17 Å². The molecule has 130 valence electrons. The van der Waals surface area contributed by atoms with E-state index in [0.717, 1.165) is 52.4 Å². The van der Waals surface area contributed by atoms with Crippen molar-refractivity contribution in [1.29, 1.82) is 0 Å². The van der Waals surface area contributed by atoms with Crippen molar-refractivity contribution in [3.8, 4) is 0 Å².